The van der Waals surface area contributed by atoms with Gasteiger partial charge in [0.15, 0.2) is 0 Å². The molecule has 1 aromatic heterocycles. The number of ether oxygens (including phenoxy) is 1. The van der Waals surface area contributed by atoms with Crippen LogP contribution in [0.4, 0.5) is 0 Å². The van der Waals surface area contributed by atoms with Gasteiger partial charge < -0.3 is 10.1 Å². The molecule has 4 nitrogen and oxygen atoms in total. The van der Waals surface area contributed by atoms with Gasteiger partial charge in [-0.05, 0) is 17.7 Å². The topological polar surface area (TPSA) is 51.2 Å². The number of carbonyl (C=O) groups is 1. The fraction of sp³-hybridized carbons (Fsp3) is 0.200. The highest BCUT2D eigenvalue weighted by atomic mass is 32.1. The lowest BCUT2D eigenvalue weighted by Gasteiger charge is -2.06. The second-order valence-electron chi connectivity index (χ2n) is 5.57. The van der Waals surface area contributed by atoms with Gasteiger partial charge in [-0.15, -0.1) is 11.3 Å². The van der Waals surface area contributed by atoms with Crippen LogP contribution in [0, 0.1) is 0 Å². The van der Waals surface area contributed by atoms with Crippen LogP contribution in [0.25, 0.3) is 0 Å². The Morgan fingerprint density at radius 1 is 1.04 bits per heavy atom. The number of nitrogens with zero attached hydrogens (tertiary/aromatic N) is 1. The van der Waals surface area contributed by atoms with Gasteiger partial charge in [0.2, 0.25) is 5.91 Å². The van der Waals surface area contributed by atoms with Crippen molar-refractivity contribution < 1.29 is 9.53 Å². The number of rotatable bonds is 8. The van der Waals surface area contributed by atoms with Crippen LogP contribution in [-0.4, -0.2) is 17.5 Å². The van der Waals surface area contributed by atoms with E-state index in [1.54, 1.807) is 11.3 Å². The summed E-state index contributed by atoms with van der Waals surface area (Å²) in [4.78, 5) is 17.5. The maximum absolute atomic E-state index is 11.9. The first-order valence-corrected chi connectivity index (χ1v) is 9.03. The van der Waals surface area contributed by atoms with Crippen molar-refractivity contribution in [2.75, 3.05) is 6.61 Å². The predicted octanol–water partition coefficient (Wildman–Crippen LogP) is 3.82. The summed E-state index contributed by atoms with van der Waals surface area (Å²) in [5.74, 6) is 0.747. The van der Waals surface area contributed by atoms with Gasteiger partial charge in [0.05, 0.1) is 19.6 Å². The fourth-order valence-corrected chi connectivity index (χ4v) is 3.25. The van der Waals surface area contributed by atoms with Gasteiger partial charge in [0.25, 0.3) is 0 Å². The van der Waals surface area contributed by atoms with Gasteiger partial charge in [-0.1, -0.05) is 48.5 Å². The molecule has 1 N–H and O–H groups in total. The zero-order chi connectivity index (χ0) is 17.3. The van der Waals surface area contributed by atoms with Crippen LogP contribution in [0.15, 0.2) is 66.9 Å². The molecule has 0 atom stereocenters. The molecule has 0 bridgehead atoms. The lowest BCUT2D eigenvalue weighted by Crippen LogP contribution is -2.24. The van der Waals surface area contributed by atoms with Crippen LogP contribution < -0.4 is 10.1 Å². The Balaban J connectivity index is 1.39. The smallest absolute Gasteiger partial charge is 0.223 e. The molecule has 2 aromatic carbocycles. The highest BCUT2D eigenvalue weighted by Gasteiger charge is 2.06. The lowest BCUT2D eigenvalue weighted by molar-refractivity contribution is -0.121. The second-order valence-corrected chi connectivity index (χ2v) is 6.77. The molecule has 1 heterocycles. The van der Waals surface area contributed by atoms with E-state index in [-0.39, 0.29) is 5.91 Å². The average molecular weight is 352 g/mol. The van der Waals surface area contributed by atoms with E-state index in [1.165, 1.54) is 10.4 Å². The molecule has 25 heavy (non-hydrogen) atoms. The molecule has 0 aliphatic heterocycles. The van der Waals surface area contributed by atoms with E-state index in [1.807, 2.05) is 54.7 Å². The number of amides is 1. The molecular formula is C20H20N2O2S. The van der Waals surface area contributed by atoms with Crippen molar-refractivity contribution in [3.63, 3.8) is 0 Å². The number of nitrogens with one attached hydrogen (secondary N) is 1. The highest BCUT2D eigenvalue weighted by Crippen LogP contribution is 2.17. The van der Waals surface area contributed by atoms with Gasteiger partial charge in [0, 0.05) is 17.5 Å². The van der Waals surface area contributed by atoms with E-state index in [0.717, 1.165) is 17.2 Å². The van der Waals surface area contributed by atoms with Crippen molar-refractivity contribution in [2.24, 2.45) is 0 Å². The molecule has 0 aliphatic rings. The molecule has 0 spiro atoms. The third-order valence-electron chi connectivity index (χ3n) is 3.60. The molecular weight excluding hydrogens is 332 g/mol. The van der Waals surface area contributed by atoms with Crippen molar-refractivity contribution in [3.8, 4) is 5.75 Å². The Kier molecular flexibility index (Phi) is 6.17. The zero-order valence-electron chi connectivity index (χ0n) is 13.9. The summed E-state index contributed by atoms with van der Waals surface area (Å²) in [5, 5.41) is 3.81. The van der Waals surface area contributed by atoms with E-state index in [4.69, 9.17) is 4.74 Å². The van der Waals surface area contributed by atoms with E-state index in [9.17, 15) is 4.79 Å². The molecule has 128 valence electrons. The lowest BCUT2D eigenvalue weighted by atomic mass is 10.1. The summed E-state index contributed by atoms with van der Waals surface area (Å²) >= 11 is 1.63. The Bertz CT molecular complexity index is 788. The molecule has 3 rings (SSSR count). The second kappa shape index (κ2) is 8.99. The average Bonchev–Trinajstić information content (AvgIpc) is 3.09. The first-order valence-electron chi connectivity index (χ1n) is 8.21. The minimum atomic E-state index is -0.0317. The maximum atomic E-state index is 11.9. The summed E-state index contributed by atoms with van der Waals surface area (Å²) < 4.78 is 5.53. The highest BCUT2D eigenvalue weighted by molar-refractivity contribution is 7.11. The van der Waals surface area contributed by atoms with Crippen molar-refractivity contribution in [1.82, 2.24) is 10.3 Å². The molecule has 0 saturated heterocycles. The van der Waals surface area contributed by atoms with E-state index in [0.29, 0.717) is 19.6 Å². The number of hydrogen-bond acceptors (Lipinski definition) is 4. The third-order valence-corrected chi connectivity index (χ3v) is 4.60. The standard InChI is InChI=1S/C20H20N2O2S/c23-19(11-12-24-17-9-5-2-6-10-17)21-15-20-22-14-18(25-20)13-16-7-3-1-4-8-16/h1-10,14H,11-13,15H2,(H,21,23). The third kappa shape index (κ3) is 5.72. The summed E-state index contributed by atoms with van der Waals surface area (Å²) in [6.07, 6.45) is 3.09. The Labute approximate surface area is 151 Å². The van der Waals surface area contributed by atoms with Crippen molar-refractivity contribution in [3.05, 3.63) is 82.3 Å². The fourth-order valence-electron chi connectivity index (χ4n) is 2.35. The normalized spacial score (nSPS) is 10.4. The van der Waals surface area contributed by atoms with Crippen LogP contribution in [0.3, 0.4) is 0 Å². The van der Waals surface area contributed by atoms with Gasteiger partial charge in [0.1, 0.15) is 10.8 Å². The molecule has 0 radical (unpaired) electrons. The van der Waals surface area contributed by atoms with Crippen LogP contribution in [0.5, 0.6) is 5.75 Å². The van der Waals surface area contributed by atoms with Crippen LogP contribution >= 0.6 is 11.3 Å². The maximum Gasteiger partial charge on any atom is 0.223 e. The summed E-state index contributed by atoms with van der Waals surface area (Å²) in [7, 11) is 0. The van der Waals surface area contributed by atoms with E-state index in [2.05, 4.69) is 22.4 Å². The minimum Gasteiger partial charge on any atom is -0.493 e. The monoisotopic (exact) mass is 352 g/mol. The summed E-state index contributed by atoms with van der Waals surface area (Å²) in [6, 6.07) is 19.8. The summed E-state index contributed by atoms with van der Waals surface area (Å²) in [5.41, 5.74) is 1.26. The SMILES string of the molecule is O=C(CCOc1ccccc1)NCc1ncc(Cc2ccccc2)s1. The largest absolute Gasteiger partial charge is 0.493 e. The number of thiazole rings is 1. The minimum absolute atomic E-state index is 0.0317. The Morgan fingerprint density at radius 3 is 2.52 bits per heavy atom. The first-order chi connectivity index (χ1) is 12.3. The summed E-state index contributed by atoms with van der Waals surface area (Å²) in [6.45, 7) is 0.830. The van der Waals surface area contributed by atoms with Gasteiger partial charge in [-0.3, -0.25) is 4.79 Å². The van der Waals surface area contributed by atoms with Gasteiger partial charge >= 0.3 is 0 Å². The molecule has 0 saturated carbocycles. The number of aromatic nitrogens is 1. The first kappa shape index (κ1) is 17.2. The van der Waals surface area contributed by atoms with Gasteiger partial charge in [-0.25, -0.2) is 4.98 Å². The van der Waals surface area contributed by atoms with Gasteiger partial charge in [-0.2, -0.15) is 0 Å². The predicted molar refractivity (Wildman–Crippen MR) is 99.8 cm³/mol. The van der Waals surface area contributed by atoms with Crippen LogP contribution in [-0.2, 0) is 17.8 Å². The van der Waals surface area contributed by atoms with E-state index >= 15 is 0 Å². The van der Waals surface area contributed by atoms with Crippen LogP contribution in [0.2, 0.25) is 0 Å². The number of hydrogen-bond donors (Lipinski definition) is 1. The molecule has 0 aliphatic carbocycles. The zero-order valence-corrected chi connectivity index (χ0v) is 14.7. The molecule has 5 heteroatoms. The van der Waals surface area contributed by atoms with Crippen molar-refractivity contribution >= 4 is 17.2 Å². The van der Waals surface area contributed by atoms with Crippen molar-refractivity contribution in [1.29, 1.82) is 0 Å². The number of benzene rings is 2. The van der Waals surface area contributed by atoms with Crippen molar-refractivity contribution in [2.45, 2.75) is 19.4 Å². The quantitative estimate of drug-likeness (QED) is 0.670. The van der Waals surface area contributed by atoms with E-state index < -0.39 is 0 Å². The molecule has 0 unspecified atom stereocenters. The number of para-hydroxylation sites is 1. The molecule has 1 amide bonds. The molecule has 0 fully saturated rings. The van der Waals surface area contributed by atoms with Crippen LogP contribution in [0.1, 0.15) is 21.9 Å². The number of carbonyl (C=O) groups excluding carboxylic acids is 1. The Hall–Kier alpha value is -2.66. The Morgan fingerprint density at radius 2 is 1.76 bits per heavy atom. The molecule has 3 aromatic rings.